The molecule has 0 N–H and O–H groups in total. The summed E-state index contributed by atoms with van der Waals surface area (Å²) in [5.41, 5.74) is 0.464. The summed E-state index contributed by atoms with van der Waals surface area (Å²) < 4.78 is 59.9. The second-order valence-corrected chi connectivity index (χ2v) is 9.20. The van der Waals surface area contributed by atoms with Crippen molar-refractivity contribution in [2.24, 2.45) is 17.8 Å². The molecule has 0 amide bonds. The molecule has 0 saturated heterocycles. The van der Waals surface area contributed by atoms with Crippen LogP contribution in [-0.2, 0) is 11.2 Å². The van der Waals surface area contributed by atoms with Crippen molar-refractivity contribution in [3.05, 3.63) is 47.2 Å². The van der Waals surface area contributed by atoms with E-state index in [1.165, 1.54) is 51.7 Å². The number of rotatable bonds is 9. The summed E-state index contributed by atoms with van der Waals surface area (Å²) in [4.78, 5) is 0. The normalized spacial score (nSPS) is 24.4. The molecule has 1 heterocycles. The van der Waals surface area contributed by atoms with Crippen LogP contribution in [0.15, 0.2) is 30.0 Å². The zero-order valence-corrected chi connectivity index (χ0v) is 19.4. The van der Waals surface area contributed by atoms with Crippen LogP contribution in [0.3, 0.4) is 0 Å². The Balaban J connectivity index is 1.64. The minimum atomic E-state index is -1.16. The Hall–Kier alpha value is -2.11. The highest BCUT2D eigenvalue weighted by molar-refractivity contribution is 5.47. The zero-order chi connectivity index (χ0) is 23.3. The molecule has 1 aliphatic carbocycles. The molecule has 0 bridgehead atoms. The molecule has 3 nitrogen and oxygen atoms in total. The van der Waals surface area contributed by atoms with Gasteiger partial charge in [0.15, 0.2) is 17.3 Å². The van der Waals surface area contributed by atoms with E-state index in [9.17, 15) is 13.2 Å². The lowest BCUT2D eigenvalue weighted by Gasteiger charge is -2.29. The first kappa shape index (κ1) is 24.5. The van der Waals surface area contributed by atoms with Crippen molar-refractivity contribution >= 4 is 0 Å². The molecule has 2 aliphatic rings. The maximum absolute atomic E-state index is 14.8. The van der Waals surface area contributed by atoms with E-state index in [4.69, 9.17) is 14.2 Å². The Kier molecular flexibility index (Phi) is 8.55. The lowest BCUT2D eigenvalue weighted by Crippen LogP contribution is -2.22. The Bertz CT molecular complexity index is 841. The third-order valence-corrected chi connectivity index (χ3v) is 6.76. The van der Waals surface area contributed by atoms with E-state index in [0.717, 1.165) is 18.8 Å². The highest BCUT2D eigenvalue weighted by Crippen LogP contribution is 2.41. The molecule has 32 heavy (non-hydrogen) atoms. The van der Waals surface area contributed by atoms with E-state index >= 15 is 0 Å². The number of allylic oxidation sites excluding steroid dienone is 2. The number of fused-ring (bicyclic) bond motifs is 1. The number of hydrogen-bond donors (Lipinski definition) is 0. The van der Waals surface area contributed by atoms with Gasteiger partial charge >= 0.3 is 0 Å². The fourth-order valence-electron chi connectivity index (χ4n) is 4.70. The van der Waals surface area contributed by atoms with Gasteiger partial charge in [0.05, 0.1) is 13.7 Å². The maximum Gasteiger partial charge on any atom is 0.205 e. The second kappa shape index (κ2) is 11.2. The molecule has 1 aromatic carbocycles. The average Bonchev–Trinajstić information content (AvgIpc) is 2.80. The fourth-order valence-corrected chi connectivity index (χ4v) is 4.70. The van der Waals surface area contributed by atoms with E-state index in [0.29, 0.717) is 24.5 Å². The van der Waals surface area contributed by atoms with Gasteiger partial charge in [0.1, 0.15) is 5.76 Å². The first-order chi connectivity index (χ1) is 15.3. The van der Waals surface area contributed by atoms with Crippen molar-refractivity contribution in [2.75, 3.05) is 13.7 Å². The van der Waals surface area contributed by atoms with Crippen molar-refractivity contribution in [2.45, 2.75) is 71.6 Å². The van der Waals surface area contributed by atoms with Crippen LogP contribution in [0, 0.1) is 29.4 Å². The minimum absolute atomic E-state index is 0.101. The van der Waals surface area contributed by atoms with E-state index in [1.807, 2.05) is 0 Å². The van der Waals surface area contributed by atoms with Crippen molar-refractivity contribution in [1.82, 2.24) is 0 Å². The topological polar surface area (TPSA) is 27.7 Å². The molecule has 1 atom stereocenters. The Morgan fingerprint density at radius 2 is 1.81 bits per heavy atom. The van der Waals surface area contributed by atoms with Crippen molar-refractivity contribution in [1.29, 1.82) is 0 Å². The summed E-state index contributed by atoms with van der Waals surface area (Å²) in [7, 11) is 1.28. The number of unbranched alkanes of at least 4 members (excludes halogenated alkanes) is 2. The first-order valence-electron chi connectivity index (χ1n) is 11.8. The Morgan fingerprint density at radius 1 is 1.12 bits per heavy atom. The third-order valence-electron chi connectivity index (χ3n) is 6.76. The number of benzene rings is 1. The van der Waals surface area contributed by atoms with E-state index in [2.05, 4.69) is 13.5 Å². The van der Waals surface area contributed by atoms with Gasteiger partial charge in [-0.15, -0.1) is 0 Å². The number of hydrogen-bond acceptors (Lipinski definition) is 3. The molecule has 178 valence electrons. The summed E-state index contributed by atoms with van der Waals surface area (Å²) in [5.74, 6) is -3.00. The smallest absolute Gasteiger partial charge is 0.205 e. The average molecular weight is 453 g/mol. The Morgan fingerprint density at radius 3 is 2.47 bits per heavy atom. The van der Waals surface area contributed by atoms with Gasteiger partial charge in [-0.2, -0.15) is 13.2 Å². The van der Waals surface area contributed by atoms with Crippen LogP contribution in [0.4, 0.5) is 13.2 Å². The van der Waals surface area contributed by atoms with Gasteiger partial charge in [-0.05, 0) is 37.2 Å². The molecule has 3 rings (SSSR count). The highest BCUT2D eigenvalue weighted by atomic mass is 19.2. The number of ether oxygens (including phenoxy) is 3. The summed E-state index contributed by atoms with van der Waals surface area (Å²) in [5, 5.41) is 0. The quantitative estimate of drug-likeness (QED) is 0.285. The van der Waals surface area contributed by atoms with Crippen molar-refractivity contribution in [3.63, 3.8) is 0 Å². The lowest BCUT2D eigenvalue weighted by atomic mass is 9.80. The van der Waals surface area contributed by atoms with Gasteiger partial charge in [-0.25, -0.2) is 0 Å². The van der Waals surface area contributed by atoms with Crippen LogP contribution in [0.25, 0.3) is 0 Å². The van der Waals surface area contributed by atoms with E-state index in [1.54, 1.807) is 6.92 Å². The summed E-state index contributed by atoms with van der Waals surface area (Å²) in [6, 6.07) is 1.49. The monoisotopic (exact) mass is 452 g/mol. The van der Waals surface area contributed by atoms with E-state index in [-0.39, 0.29) is 28.9 Å². The molecule has 0 unspecified atom stereocenters. The SMILES string of the molecule is C=C(OC)/C(F)=C1/Oc2c(cc(OCC3CCC(CCCCC)CC3)c(F)c2F)C[C@H]1C. The maximum atomic E-state index is 14.8. The molecule has 1 saturated carbocycles. The number of halogens is 3. The van der Waals surface area contributed by atoms with Gasteiger partial charge in [0.25, 0.3) is 0 Å². The molecular weight excluding hydrogens is 417 g/mol. The molecule has 1 aliphatic heterocycles. The molecule has 0 spiro atoms. The standard InChI is InChI=1S/C26H35F3O3/c1-5-6-7-8-18-9-11-19(12-10-18)15-31-21-14-20-13-16(2)25(22(27)17(3)30-4)32-26(20)24(29)23(21)28/h14,16,18-19H,3,5-13,15H2,1-2,4H3/b25-22-/t16-,18?,19?/m1/s1. The first-order valence-corrected chi connectivity index (χ1v) is 11.8. The third kappa shape index (κ3) is 5.62. The van der Waals surface area contributed by atoms with Crippen LogP contribution >= 0.6 is 0 Å². The lowest BCUT2D eigenvalue weighted by molar-refractivity contribution is 0.171. The summed E-state index contributed by atoms with van der Waals surface area (Å²) in [6.07, 6.45) is 9.89. The highest BCUT2D eigenvalue weighted by Gasteiger charge is 2.32. The Labute approximate surface area is 189 Å². The molecule has 6 heteroatoms. The predicted octanol–water partition coefficient (Wildman–Crippen LogP) is 7.64. The van der Waals surface area contributed by atoms with Gasteiger partial charge in [0, 0.05) is 11.5 Å². The van der Waals surface area contributed by atoms with Crippen LogP contribution < -0.4 is 9.47 Å². The largest absolute Gasteiger partial charge is 0.494 e. The van der Waals surface area contributed by atoms with Crippen molar-refractivity contribution < 1.29 is 27.4 Å². The predicted molar refractivity (Wildman–Crippen MR) is 119 cm³/mol. The summed E-state index contributed by atoms with van der Waals surface area (Å²) in [6.45, 7) is 7.81. The van der Waals surface area contributed by atoms with E-state index < -0.39 is 17.5 Å². The molecule has 1 fully saturated rings. The molecule has 0 radical (unpaired) electrons. The molecule has 0 aromatic heterocycles. The zero-order valence-electron chi connectivity index (χ0n) is 19.4. The molecular formula is C26H35F3O3. The van der Waals surface area contributed by atoms with Crippen LogP contribution in [0.1, 0.15) is 70.8 Å². The molecule has 1 aromatic rings. The van der Waals surface area contributed by atoms with Gasteiger partial charge in [-0.1, -0.05) is 59.0 Å². The summed E-state index contributed by atoms with van der Waals surface area (Å²) >= 11 is 0. The second-order valence-electron chi connectivity index (χ2n) is 9.20. The number of methoxy groups -OCH3 is 1. The van der Waals surface area contributed by atoms with Gasteiger partial charge in [0.2, 0.25) is 17.5 Å². The van der Waals surface area contributed by atoms with Crippen LogP contribution in [0.5, 0.6) is 11.5 Å². The van der Waals surface area contributed by atoms with Crippen LogP contribution in [0.2, 0.25) is 0 Å². The van der Waals surface area contributed by atoms with Crippen LogP contribution in [-0.4, -0.2) is 13.7 Å². The van der Waals surface area contributed by atoms with Crippen molar-refractivity contribution in [3.8, 4) is 11.5 Å². The minimum Gasteiger partial charge on any atom is -0.494 e. The fraction of sp³-hybridized carbons (Fsp3) is 0.615. The van der Waals surface area contributed by atoms with Gasteiger partial charge < -0.3 is 14.2 Å². The van der Waals surface area contributed by atoms with Gasteiger partial charge in [-0.3, -0.25) is 0 Å².